The Kier molecular flexibility index (Phi) is 6.06. The zero-order valence-corrected chi connectivity index (χ0v) is 18.1. The van der Waals surface area contributed by atoms with Crippen LogP contribution in [0.5, 0.6) is 0 Å². The lowest BCUT2D eigenvalue weighted by molar-refractivity contribution is -0.384. The number of fused-ring (bicyclic) bond motifs is 1. The fourth-order valence-corrected chi connectivity index (χ4v) is 3.61. The van der Waals surface area contributed by atoms with Crippen LogP contribution in [0, 0.1) is 17.0 Å². The zero-order valence-electron chi connectivity index (χ0n) is 17.4. The number of amides is 1. The van der Waals surface area contributed by atoms with Gasteiger partial charge >= 0.3 is 5.63 Å². The van der Waals surface area contributed by atoms with Crippen LogP contribution >= 0.6 is 11.6 Å². The van der Waals surface area contributed by atoms with E-state index in [4.69, 9.17) is 16.0 Å². The maximum Gasteiger partial charge on any atom is 0.344 e. The molecule has 4 aromatic rings. The van der Waals surface area contributed by atoms with Gasteiger partial charge in [0.25, 0.3) is 5.69 Å². The van der Waals surface area contributed by atoms with Crippen molar-refractivity contribution in [3.8, 4) is 11.1 Å². The first-order valence-electron chi connectivity index (χ1n) is 9.89. The van der Waals surface area contributed by atoms with Gasteiger partial charge in [0.05, 0.1) is 10.5 Å². The lowest BCUT2D eigenvalue weighted by atomic mass is 10.0. The summed E-state index contributed by atoms with van der Waals surface area (Å²) >= 11 is 5.80. The van der Waals surface area contributed by atoms with E-state index < -0.39 is 16.5 Å². The Hall–Kier alpha value is -4.23. The van der Waals surface area contributed by atoms with Crippen molar-refractivity contribution in [3.05, 3.63) is 109 Å². The van der Waals surface area contributed by atoms with Crippen LogP contribution in [0.1, 0.15) is 11.1 Å². The standard InChI is InChI=1S/C25H17ClN2O5/c1-15-12-18(27-24(29)11-7-16-6-10-21(26)22(13-16)28(31)32)8-9-19(15)20-14-17-4-2-3-5-23(17)33-25(20)30/h2-14H,1H3,(H,27,29)/b11-7+. The monoisotopic (exact) mass is 460 g/mol. The average molecular weight is 461 g/mol. The lowest BCUT2D eigenvalue weighted by Gasteiger charge is -2.09. The van der Waals surface area contributed by atoms with Crippen LogP contribution < -0.4 is 10.9 Å². The van der Waals surface area contributed by atoms with Crippen molar-refractivity contribution < 1.29 is 14.1 Å². The molecule has 3 aromatic carbocycles. The van der Waals surface area contributed by atoms with Crippen molar-refractivity contribution in [3.63, 3.8) is 0 Å². The predicted molar refractivity (Wildman–Crippen MR) is 128 cm³/mol. The van der Waals surface area contributed by atoms with E-state index in [1.807, 2.05) is 19.1 Å². The molecule has 33 heavy (non-hydrogen) atoms. The molecule has 0 fully saturated rings. The second-order valence-corrected chi connectivity index (χ2v) is 7.71. The quantitative estimate of drug-likeness (QED) is 0.171. The summed E-state index contributed by atoms with van der Waals surface area (Å²) in [4.78, 5) is 35.2. The highest BCUT2D eigenvalue weighted by molar-refractivity contribution is 6.32. The van der Waals surface area contributed by atoms with Crippen LogP contribution in [0.3, 0.4) is 0 Å². The number of nitrogens with one attached hydrogen (secondary N) is 1. The molecule has 0 aliphatic rings. The van der Waals surface area contributed by atoms with Crippen molar-refractivity contribution in [1.82, 2.24) is 0 Å². The number of rotatable bonds is 5. The van der Waals surface area contributed by atoms with Crippen LogP contribution in [0.4, 0.5) is 11.4 Å². The second-order valence-electron chi connectivity index (χ2n) is 7.31. The fourth-order valence-electron chi connectivity index (χ4n) is 3.42. The second kappa shape index (κ2) is 9.10. The molecule has 4 rings (SSSR count). The third-order valence-electron chi connectivity index (χ3n) is 5.02. The molecule has 0 saturated carbocycles. The van der Waals surface area contributed by atoms with Gasteiger partial charge in [0, 0.05) is 23.2 Å². The van der Waals surface area contributed by atoms with Crippen molar-refractivity contribution in [2.24, 2.45) is 0 Å². The number of para-hydroxylation sites is 1. The van der Waals surface area contributed by atoms with Crippen molar-refractivity contribution in [2.75, 3.05) is 5.32 Å². The maximum atomic E-state index is 12.5. The molecule has 1 heterocycles. The van der Waals surface area contributed by atoms with E-state index in [-0.39, 0.29) is 10.7 Å². The minimum atomic E-state index is -0.583. The molecule has 1 amide bonds. The summed E-state index contributed by atoms with van der Waals surface area (Å²) in [6.45, 7) is 1.84. The van der Waals surface area contributed by atoms with Crippen molar-refractivity contribution >= 4 is 45.9 Å². The Morgan fingerprint density at radius 2 is 1.85 bits per heavy atom. The molecule has 8 heteroatoms. The number of carbonyl (C=O) groups excluding carboxylic acids is 1. The average Bonchev–Trinajstić information content (AvgIpc) is 2.78. The Morgan fingerprint density at radius 3 is 2.61 bits per heavy atom. The van der Waals surface area contributed by atoms with Gasteiger partial charge in [0.2, 0.25) is 5.91 Å². The van der Waals surface area contributed by atoms with Gasteiger partial charge in [0.1, 0.15) is 10.6 Å². The number of carbonyl (C=O) groups is 1. The lowest BCUT2D eigenvalue weighted by Crippen LogP contribution is -2.08. The Balaban J connectivity index is 1.53. The van der Waals surface area contributed by atoms with Crippen LogP contribution in [-0.4, -0.2) is 10.8 Å². The zero-order chi connectivity index (χ0) is 23.5. The van der Waals surface area contributed by atoms with Gasteiger partial charge in [-0.2, -0.15) is 0 Å². The minimum Gasteiger partial charge on any atom is -0.422 e. The molecule has 164 valence electrons. The molecule has 1 aromatic heterocycles. The van der Waals surface area contributed by atoms with Gasteiger partial charge in [-0.15, -0.1) is 0 Å². The number of hydrogen-bond acceptors (Lipinski definition) is 5. The number of anilines is 1. The first-order chi connectivity index (χ1) is 15.8. The summed E-state index contributed by atoms with van der Waals surface area (Å²) in [5.74, 6) is -0.412. The third kappa shape index (κ3) is 4.83. The molecule has 0 bridgehead atoms. The predicted octanol–water partition coefficient (Wildman–Crippen LogP) is 5.98. The molecule has 0 radical (unpaired) electrons. The van der Waals surface area contributed by atoms with Gasteiger partial charge in [-0.25, -0.2) is 4.79 Å². The molecule has 0 spiro atoms. The summed E-state index contributed by atoms with van der Waals surface area (Å²) in [7, 11) is 0. The number of hydrogen-bond donors (Lipinski definition) is 1. The molecule has 7 nitrogen and oxygen atoms in total. The topological polar surface area (TPSA) is 102 Å². The van der Waals surface area contributed by atoms with Gasteiger partial charge in [-0.05, 0) is 60.0 Å². The number of nitro benzene ring substituents is 1. The van der Waals surface area contributed by atoms with Crippen LogP contribution in [0.25, 0.3) is 28.2 Å². The summed E-state index contributed by atoms with van der Waals surface area (Å²) in [6.07, 6.45) is 2.73. The van der Waals surface area contributed by atoms with Gasteiger partial charge in [-0.1, -0.05) is 41.9 Å². The van der Waals surface area contributed by atoms with E-state index in [1.54, 1.807) is 42.5 Å². The van der Waals surface area contributed by atoms with E-state index >= 15 is 0 Å². The molecular weight excluding hydrogens is 444 g/mol. The molecule has 0 aliphatic carbocycles. The van der Waals surface area contributed by atoms with Crippen molar-refractivity contribution in [1.29, 1.82) is 0 Å². The molecule has 0 unspecified atom stereocenters. The molecule has 0 aliphatic heterocycles. The number of nitro groups is 1. The highest BCUT2D eigenvalue weighted by atomic mass is 35.5. The van der Waals surface area contributed by atoms with Gasteiger partial charge < -0.3 is 9.73 Å². The number of aryl methyl sites for hydroxylation is 1. The third-order valence-corrected chi connectivity index (χ3v) is 5.34. The molecule has 1 N–H and O–H groups in total. The van der Waals surface area contributed by atoms with Crippen LogP contribution in [0.2, 0.25) is 5.02 Å². The summed E-state index contributed by atoms with van der Waals surface area (Å²) < 4.78 is 5.42. The molecule has 0 saturated heterocycles. The number of halogens is 1. The normalized spacial score (nSPS) is 11.1. The first-order valence-corrected chi connectivity index (χ1v) is 10.3. The van der Waals surface area contributed by atoms with E-state index in [0.717, 1.165) is 10.9 Å². The van der Waals surface area contributed by atoms with Crippen LogP contribution in [0.15, 0.2) is 82.0 Å². The largest absolute Gasteiger partial charge is 0.422 e. The van der Waals surface area contributed by atoms with E-state index in [2.05, 4.69) is 5.32 Å². The minimum absolute atomic E-state index is 0.0256. The number of benzene rings is 3. The Bertz CT molecular complexity index is 1490. The van der Waals surface area contributed by atoms with E-state index in [0.29, 0.717) is 28.0 Å². The van der Waals surface area contributed by atoms with E-state index in [1.165, 1.54) is 24.3 Å². The number of nitrogens with zero attached hydrogens (tertiary/aromatic N) is 1. The molecule has 0 atom stereocenters. The Labute approximate surface area is 193 Å². The summed E-state index contributed by atoms with van der Waals surface area (Å²) in [6, 6.07) is 18.5. The van der Waals surface area contributed by atoms with Gasteiger partial charge in [0.15, 0.2) is 0 Å². The van der Waals surface area contributed by atoms with Crippen molar-refractivity contribution in [2.45, 2.75) is 6.92 Å². The first kappa shape index (κ1) is 22.0. The van der Waals surface area contributed by atoms with E-state index in [9.17, 15) is 19.7 Å². The summed E-state index contributed by atoms with van der Waals surface area (Å²) in [5.41, 5.74) is 2.79. The Morgan fingerprint density at radius 1 is 1.06 bits per heavy atom. The van der Waals surface area contributed by atoms with Gasteiger partial charge in [-0.3, -0.25) is 14.9 Å². The smallest absolute Gasteiger partial charge is 0.344 e. The maximum absolute atomic E-state index is 12.5. The molecular formula is C25H17ClN2O5. The fraction of sp³-hybridized carbons (Fsp3) is 0.0400. The van der Waals surface area contributed by atoms with Crippen LogP contribution in [-0.2, 0) is 4.79 Å². The SMILES string of the molecule is Cc1cc(NC(=O)/C=C/c2ccc(Cl)c([N+](=O)[O-])c2)ccc1-c1cc2ccccc2oc1=O. The highest BCUT2D eigenvalue weighted by Crippen LogP contribution is 2.27. The summed E-state index contributed by atoms with van der Waals surface area (Å²) in [5, 5.41) is 14.6. The highest BCUT2D eigenvalue weighted by Gasteiger charge is 2.13.